The number of hydrogen-bond acceptors (Lipinski definition) is 5. The monoisotopic (exact) mass is 489 g/mol. The van der Waals surface area contributed by atoms with Crippen LogP contribution >= 0.6 is 11.6 Å². The maximum atomic E-state index is 13.2. The van der Waals surface area contributed by atoms with Gasteiger partial charge >= 0.3 is 11.9 Å². The summed E-state index contributed by atoms with van der Waals surface area (Å²) in [6.07, 6.45) is -0.306. The van der Waals surface area contributed by atoms with Crippen molar-refractivity contribution in [3.63, 3.8) is 0 Å². The van der Waals surface area contributed by atoms with Crippen LogP contribution in [-0.2, 0) is 24.1 Å². The summed E-state index contributed by atoms with van der Waals surface area (Å²) in [5.41, 5.74) is -2.03. The number of carbonyl (C=O) groups excluding carboxylic acids is 1. The van der Waals surface area contributed by atoms with Crippen LogP contribution in [0.25, 0.3) is 11.0 Å². The Morgan fingerprint density at radius 2 is 1.82 bits per heavy atom. The van der Waals surface area contributed by atoms with E-state index in [0.717, 1.165) is 15.2 Å². The van der Waals surface area contributed by atoms with Gasteiger partial charge in [0.05, 0.1) is 22.6 Å². The summed E-state index contributed by atoms with van der Waals surface area (Å²) in [6.45, 7) is -0.676. The number of halogens is 4. The van der Waals surface area contributed by atoms with Crippen LogP contribution in [0.4, 0.5) is 18.9 Å². The van der Waals surface area contributed by atoms with Crippen molar-refractivity contribution in [2.24, 2.45) is 0 Å². The predicted molar refractivity (Wildman–Crippen MR) is 119 cm³/mol. The van der Waals surface area contributed by atoms with Crippen LogP contribution in [0.15, 0.2) is 70.6 Å². The van der Waals surface area contributed by atoms with Gasteiger partial charge in [0, 0.05) is 24.3 Å². The zero-order valence-corrected chi connectivity index (χ0v) is 18.0. The number of hydrogen-bond donors (Lipinski definition) is 1. The normalized spacial score (nSPS) is 11.5. The predicted octanol–water partition coefficient (Wildman–Crippen LogP) is 3.31. The highest BCUT2D eigenvalue weighted by molar-refractivity contribution is 6.31. The largest absolute Gasteiger partial charge is 0.417 e. The molecule has 0 fully saturated rings. The lowest BCUT2D eigenvalue weighted by Gasteiger charge is -2.15. The van der Waals surface area contributed by atoms with Gasteiger partial charge in [0.15, 0.2) is 5.52 Å². The molecule has 34 heavy (non-hydrogen) atoms. The van der Waals surface area contributed by atoms with Crippen LogP contribution in [0.1, 0.15) is 11.1 Å². The number of rotatable bonds is 5. The number of nitrogens with zero attached hydrogens (tertiary/aromatic N) is 4. The average molecular weight is 490 g/mol. The summed E-state index contributed by atoms with van der Waals surface area (Å²) in [5.74, 6) is -0.783. The number of benzene rings is 1. The number of nitrogens with one attached hydrogen (secondary N) is 1. The number of alkyl halides is 3. The van der Waals surface area contributed by atoms with E-state index in [1.807, 2.05) is 0 Å². The smallest absolute Gasteiger partial charge is 0.325 e. The summed E-state index contributed by atoms with van der Waals surface area (Å²) in [6, 6.07) is 9.20. The molecule has 0 atom stereocenters. The zero-order valence-electron chi connectivity index (χ0n) is 17.2. The van der Waals surface area contributed by atoms with Gasteiger partial charge < -0.3 is 5.32 Å². The first-order valence-corrected chi connectivity index (χ1v) is 10.2. The van der Waals surface area contributed by atoms with Crippen LogP contribution in [-0.4, -0.2) is 25.0 Å². The Morgan fingerprint density at radius 3 is 2.53 bits per heavy atom. The molecule has 1 aromatic carbocycles. The lowest BCUT2D eigenvalue weighted by Crippen LogP contribution is -2.42. The highest BCUT2D eigenvalue weighted by Crippen LogP contribution is 2.36. The van der Waals surface area contributed by atoms with Crippen molar-refractivity contribution in [2.45, 2.75) is 19.3 Å². The van der Waals surface area contributed by atoms with Crippen molar-refractivity contribution in [3.8, 4) is 0 Å². The first-order chi connectivity index (χ1) is 16.1. The fourth-order valence-electron chi connectivity index (χ4n) is 3.37. The van der Waals surface area contributed by atoms with Gasteiger partial charge in [-0.2, -0.15) is 13.2 Å². The van der Waals surface area contributed by atoms with E-state index in [-0.39, 0.29) is 23.3 Å². The molecule has 1 amide bonds. The minimum absolute atomic E-state index is 0.0374. The first-order valence-electron chi connectivity index (χ1n) is 9.79. The molecule has 0 bridgehead atoms. The van der Waals surface area contributed by atoms with E-state index in [1.165, 1.54) is 36.8 Å². The van der Waals surface area contributed by atoms with Gasteiger partial charge in [0.1, 0.15) is 6.54 Å². The molecule has 12 heteroatoms. The lowest BCUT2D eigenvalue weighted by atomic mass is 10.2. The van der Waals surface area contributed by atoms with Crippen molar-refractivity contribution in [3.05, 3.63) is 98.0 Å². The second-order valence-corrected chi connectivity index (χ2v) is 7.64. The number of fused-ring (bicyclic) bond motifs is 1. The van der Waals surface area contributed by atoms with Crippen LogP contribution < -0.4 is 16.6 Å². The molecule has 0 aliphatic heterocycles. The quantitative estimate of drug-likeness (QED) is 0.464. The fourth-order valence-corrected chi connectivity index (χ4v) is 3.60. The molecular formula is C22H15ClF3N5O3. The van der Waals surface area contributed by atoms with Gasteiger partial charge in [-0.05, 0) is 42.0 Å². The third-order valence-corrected chi connectivity index (χ3v) is 5.24. The molecule has 1 N–H and O–H groups in total. The zero-order chi connectivity index (χ0) is 24.5. The van der Waals surface area contributed by atoms with E-state index in [9.17, 15) is 27.6 Å². The molecule has 8 nitrogen and oxygen atoms in total. The van der Waals surface area contributed by atoms with Gasteiger partial charge in [0.25, 0.3) is 5.56 Å². The second kappa shape index (κ2) is 9.10. The van der Waals surface area contributed by atoms with Gasteiger partial charge in [-0.25, -0.2) is 9.78 Å². The molecule has 0 saturated heterocycles. The number of aromatic nitrogens is 4. The van der Waals surface area contributed by atoms with E-state index < -0.39 is 40.5 Å². The Labute approximate surface area is 194 Å². The average Bonchev–Trinajstić information content (AvgIpc) is 2.80. The SMILES string of the molecule is O=C(Cn1c(=O)n(Cc2cccnc2)c(=O)c2ncccc21)Nc1ccc(Cl)c(C(F)(F)F)c1. The third-order valence-electron chi connectivity index (χ3n) is 4.91. The van der Waals surface area contributed by atoms with Gasteiger partial charge in [-0.15, -0.1) is 0 Å². The van der Waals surface area contributed by atoms with E-state index >= 15 is 0 Å². The molecule has 4 rings (SSSR count). The molecule has 0 saturated carbocycles. The van der Waals surface area contributed by atoms with E-state index in [4.69, 9.17) is 11.6 Å². The Hall–Kier alpha value is -3.99. The van der Waals surface area contributed by atoms with Crippen molar-refractivity contribution in [1.82, 2.24) is 19.1 Å². The summed E-state index contributed by atoms with van der Waals surface area (Å²) in [4.78, 5) is 46.7. The molecule has 4 aromatic rings. The molecule has 174 valence electrons. The first kappa shape index (κ1) is 23.2. The maximum Gasteiger partial charge on any atom is 0.417 e. The molecule has 3 aromatic heterocycles. The Morgan fingerprint density at radius 1 is 1.06 bits per heavy atom. The van der Waals surface area contributed by atoms with Crippen LogP contribution in [0, 0.1) is 0 Å². The molecule has 0 radical (unpaired) electrons. The Kier molecular flexibility index (Phi) is 6.20. The number of anilines is 1. The minimum Gasteiger partial charge on any atom is -0.325 e. The molecule has 0 spiro atoms. The van der Waals surface area contributed by atoms with Crippen LogP contribution in [0.2, 0.25) is 5.02 Å². The maximum absolute atomic E-state index is 13.2. The van der Waals surface area contributed by atoms with E-state index in [2.05, 4.69) is 15.3 Å². The van der Waals surface area contributed by atoms with Gasteiger partial charge in [-0.3, -0.25) is 23.7 Å². The molecular weight excluding hydrogens is 475 g/mol. The highest BCUT2D eigenvalue weighted by Gasteiger charge is 2.33. The van der Waals surface area contributed by atoms with Crippen LogP contribution in [0.5, 0.6) is 0 Å². The number of pyridine rings is 2. The molecule has 0 unspecified atom stereocenters. The van der Waals surface area contributed by atoms with Gasteiger partial charge in [-0.1, -0.05) is 17.7 Å². The van der Waals surface area contributed by atoms with Crippen LogP contribution in [0.3, 0.4) is 0 Å². The fraction of sp³-hybridized carbons (Fsp3) is 0.136. The summed E-state index contributed by atoms with van der Waals surface area (Å²) in [7, 11) is 0. The van der Waals surface area contributed by atoms with E-state index in [1.54, 1.807) is 12.1 Å². The lowest BCUT2D eigenvalue weighted by molar-refractivity contribution is -0.137. The van der Waals surface area contributed by atoms with Crippen molar-refractivity contribution in [1.29, 1.82) is 0 Å². The minimum atomic E-state index is -4.71. The number of carbonyl (C=O) groups is 1. The molecule has 0 aliphatic rings. The summed E-state index contributed by atoms with van der Waals surface area (Å²) in [5, 5.41) is 1.82. The highest BCUT2D eigenvalue weighted by atomic mass is 35.5. The summed E-state index contributed by atoms with van der Waals surface area (Å²) < 4.78 is 41.3. The van der Waals surface area contributed by atoms with Crippen molar-refractivity contribution >= 4 is 34.2 Å². The van der Waals surface area contributed by atoms with E-state index in [0.29, 0.717) is 11.6 Å². The standard InChI is InChI=1S/C22H15ClF3N5O3/c23-16-6-5-14(9-15(16)22(24,25)26)29-18(32)12-30-17-4-2-8-28-19(17)20(33)31(21(30)34)11-13-3-1-7-27-10-13/h1-10H,11-12H2,(H,29,32). The van der Waals surface area contributed by atoms with Crippen molar-refractivity contribution < 1.29 is 18.0 Å². The summed E-state index contributed by atoms with van der Waals surface area (Å²) >= 11 is 5.61. The Balaban J connectivity index is 1.71. The third kappa shape index (κ3) is 4.69. The number of amides is 1. The second-order valence-electron chi connectivity index (χ2n) is 7.23. The topological polar surface area (TPSA) is 98.9 Å². The Bertz CT molecular complexity index is 1500. The van der Waals surface area contributed by atoms with Crippen molar-refractivity contribution in [2.75, 3.05) is 5.32 Å². The molecule has 3 heterocycles. The van der Waals surface area contributed by atoms with Gasteiger partial charge in [0.2, 0.25) is 5.91 Å². The molecule has 0 aliphatic carbocycles.